The van der Waals surface area contributed by atoms with Crippen LogP contribution < -0.4 is 10.6 Å². The summed E-state index contributed by atoms with van der Waals surface area (Å²) in [5.74, 6) is 0.154. The molecule has 1 aromatic rings. The second-order valence-electron chi connectivity index (χ2n) is 6.24. The van der Waals surface area contributed by atoms with Crippen LogP contribution in [0.4, 0.5) is 0 Å². The van der Waals surface area contributed by atoms with Crippen LogP contribution in [0.2, 0.25) is 0 Å². The van der Waals surface area contributed by atoms with Crippen LogP contribution >= 0.6 is 11.3 Å². The lowest BCUT2D eigenvalue weighted by Crippen LogP contribution is -2.39. The molecule has 1 heterocycles. The molecule has 0 fully saturated rings. The Bertz CT molecular complexity index is 434. The van der Waals surface area contributed by atoms with Crippen molar-refractivity contribution in [3.63, 3.8) is 0 Å². The number of fused-ring (bicyclic) bond motifs is 1. The molecule has 4 heteroatoms. The van der Waals surface area contributed by atoms with Crippen molar-refractivity contribution >= 4 is 17.2 Å². The van der Waals surface area contributed by atoms with Gasteiger partial charge in [-0.2, -0.15) is 0 Å². The second kappa shape index (κ2) is 6.06. The van der Waals surface area contributed by atoms with Crippen LogP contribution in [-0.4, -0.2) is 18.0 Å². The molecule has 0 bridgehead atoms. The molecule has 0 spiro atoms. The summed E-state index contributed by atoms with van der Waals surface area (Å²) in [6, 6.07) is 2.40. The molecule has 1 amide bonds. The lowest BCUT2D eigenvalue weighted by Gasteiger charge is -2.24. The molecule has 1 aliphatic carbocycles. The molecular formula is C15H24N2OS. The van der Waals surface area contributed by atoms with Gasteiger partial charge in [-0.3, -0.25) is 4.79 Å². The monoisotopic (exact) mass is 280 g/mol. The number of nitrogens with one attached hydrogen (secondary N) is 2. The summed E-state index contributed by atoms with van der Waals surface area (Å²) < 4.78 is 0. The van der Waals surface area contributed by atoms with Crippen molar-refractivity contribution in [3.8, 4) is 0 Å². The van der Waals surface area contributed by atoms with E-state index in [4.69, 9.17) is 0 Å². The van der Waals surface area contributed by atoms with Gasteiger partial charge in [-0.05, 0) is 57.0 Å². The van der Waals surface area contributed by atoms with Crippen LogP contribution in [0.1, 0.15) is 56.5 Å². The zero-order valence-corrected chi connectivity index (χ0v) is 12.9. The molecule has 2 rings (SSSR count). The maximum absolute atomic E-state index is 12.0. The number of rotatable bonds is 4. The predicted octanol–water partition coefficient (Wildman–Crippen LogP) is 3.02. The molecule has 2 N–H and O–H groups in total. The summed E-state index contributed by atoms with van der Waals surface area (Å²) in [6.45, 7) is 7.08. The van der Waals surface area contributed by atoms with E-state index in [-0.39, 0.29) is 17.5 Å². The van der Waals surface area contributed by atoms with Gasteiger partial charge in [-0.15, -0.1) is 11.3 Å². The Labute approximate surface area is 119 Å². The van der Waals surface area contributed by atoms with E-state index < -0.39 is 0 Å². The van der Waals surface area contributed by atoms with Gasteiger partial charge in [0.25, 0.3) is 0 Å². The molecule has 3 nitrogen and oxygen atoms in total. The molecule has 0 radical (unpaired) electrons. The Morgan fingerprint density at radius 1 is 1.47 bits per heavy atom. The molecule has 1 unspecified atom stereocenters. The molecule has 0 aliphatic heterocycles. The normalized spacial score (nSPS) is 19.0. The quantitative estimate of drug-likeness (QED) is 0.890. The van der Waals surface area contributed by atoms with E-state index in [1.54, 1.807) is 0 Å². The molecule has 0 saturated carbocycles. The van der Waals surface area contributed by atoms with Gasteiger partial charge in [-0.25, -0.2) is 0 Å². The number of aryl methyl sites for hydroxylation is 1. The Hall–Kier alpha value is -0.870. The predicted molar refractivity (Wildman–Crippen MR) is 80.5 cm³/mol. The van der Waals surface area contributed by atoms with E-state index in [1.165, 1.54) is 23.3 Å². The maximum Gasteiger partial charge on any atom is 0.221 e. The first-order valence-electron chi connectivity index (χ1n) is 7.06. The van der Waals surface area contributed by atoms with Crippen LogP contribution in [0.25, 0.3) is 0 Å². The summed E-state index contributed by atoms with van der Waals surface area (Å²) in [7, 11) is 0. The Balaban J connectivity index is 1.81. The number of hydrogen-bond acceptors (Lipinski definition) is 3. The average molecular weight is 280 g/mol. The fourth-order valence-electron chi connectivity index (χ4n) is 2.45. The van der Waals surface area contributed by atoms with E-state index in [1.807, 2.05) is 11.3 Å². The van der Waals surface area contributed by atoms with Crippen LogP contribution in [0.15, 0.2) is 11.4 Å². The zero-order valence-electron chi connectivity index (χ0n) is 12.1. The Morgan fingerprint density at radius 3 is 3.00 bits per heavy atom. The lowest BCUT2D eigenvalue weighted by molar-refractivity contribution is -0.121. The van der Waals surface area contributed by atoms with Crippen molar-refractivity contribution in [2.75, 3.05) is 6.54 Å². The van der Waals surface area contributed by atoms with E-state index in [0.717, 1.165) is 13.0 Å². The third-order valence-corrected chi connectivity index (χ3v) is 4.39. The largest absolute Gasteiger partial charge is 0.349 e. The van der Waals surface area contributed by atoms with E-state index >= 15 is 0 Å². The minimum Gasteiger partial charge on any atom is -0.349 e. The highest BCUT2D eigenvalue weighted by atomic mass is 32.1. The number of amides is 1. The molecule has 19 heavy (non-hydrogen) atoms. The topological polar surface area (TPSA) is 41.1 Å². The molecule has 1 aliphatic rings. The SMILES string of the molecule is CC(C)(C)NCCC(=O)NC1CCCc2sccc21. The molecule has 0 saturated heterocycles. The highest BCUT2D eigenvalue weighted by molar-refractivity contribution is 7.10. The van der Waals surface area contributed by atoms with E-state index in [0.29, 0.717) is 6.42 Å². The van der Waals surface area contributed by atoms with Crippen molar-refractivity contribution in [3.05, 3.63) is 21.9 Å². The minimum absolute atomic E-state index is 0.0750. The Kier molecular flexibility index (Phi) is 4.63. The van der Waals surface area contributed by atoms with Crippen molar-refractivity contribution in [1.82, 2.24) is 10.6 Å². The number of carbonyl (C=O) groups is 1. The fraction of sp³-hybridized carbons (Fsp3) is 0.667. The van der Waals surface area contributed by atoms with Crippen molar-refractivity contribution < 1.29 is 4.79 Å². The van der Waals surface area contributed by atoms with Gasteiger partial charge in [0.1, 0.15) is 0 Å². The van der Waals surface area contributed by atoms with Crippen molar-refractivity contribution in [1.29, 1.82) is 0 Å². The van der Waals surface area contributed by atoms with Gasteiger partial charge >= 0.3 is 0 Å². The van der Waals surface area contributed by atoms with Gasteiger partial charge in [0.05, 0.1) is 6.04 Å². The molecule has 106 valence electrons. The minimum atomic E-state index is 0.0750. The number of hydrogen-bond donors (Lipinski definition) is 2. The molecular weight excluding hydrogens is 256 g/mol. The van der Waals surface area contributed by atoms with Crippen molar-refractivity contribution in [2.45, 2.75) is 58.0 Å². The lowest BCUT2D eigenvalue weighted by atomic mass is 9.94. The summed E-state index contributed by atoms with van der Waals surface area (Å²) in [6.07, 6.45) is 3.97. The first-order chi connectivity index (χ1) is 8.96. The van der Waals surface area contributed by atoms with Crippen LogP contribution in [-0.2, 0) is 11.2 Å². The first kappa shape index (κ1) is 14.5. The highest BCUT2D eigenvalue weighted by Crippen LogP contribution is 2.33. The Morgan fingerprint density at radius 2 is 2.26 bits per heavy atom. The highest BCUT2D eigenvalue weighted by Gasteiger charge is 2.22. The molecule has 1 aromatic heterocycles. The van der Waals surface area contributed by atoms with E-state index in [9.17, 15) is 4.79 Å². The van der Waals surface area contributed by atoms with Crippen LogP contribution in [0.3, 0.4) is 0 Å². The number of thiophene rings is 1. The summed E-state index contributed by atoms with van der Waals surface area (Å²) in [5.41, 5.74) is 1.42. The molecule has 0 aromatic carbocycles. The van der Waals surface area contributed by atoms with Gasteiger partial charge in [-0.1, -0.05) is 0 Å². The van der Waals surface area contributed by atoms with Crippen LogP contribution in [0, 0.1) is 0 Å². The van der Waals surface area contributed by atoms with Gasteiger partial charge in [0, 0.05) is 23.4 Å². The van der Waals surface area contributed by atoms with Gasteiger partial charge < -0.3 is 10.6 Å². The average Bonchev–Trinajstić information content (AvgIpc) is 2.76. The van der Waals surface area contributed by atoms with Crippen molar-refractivity contribution in [2.24, 2.45) is 0 Å². The third kappa shape index (κ3) is 4.32. The maximum atomic E-state index is 12.0. The van der Waals surface area contributed by atoms with E-state index in [2.05, 4.69) is 42.9 Å². The van der Waals surface area contributed by atoms with Gasteiger partial charge in [0.2, 0.25) is 5.91 Å². The fourth-order valence-corrected chi connectivity index (χ4v) is 3.44. The summed E-state index contributed by atoms with van der Waals surface area (Å²) in [5, 5.41) is 8.66. The first-order valence-corrected chi connectivity index (χ1v) is 7.94. The van der Waals surface area contributed by atoms with Crippen LogP contribution in [0.5, 0.6) is 0 Å². The van der Waals surface area contributed by atoms with Gasteiger partial charge in [0.15, 0.2) is 0 Å². The second-order valence-corrected chi connectivity index (χ2v) is 7.24. The molecule has 1 atom stereocenters. The smallest absolute Gasteiger partial charge is 0.221 e. The standard InChI is InChI=1S/C15H24N2OS/c1-15(2,3)16-9-7-14(18)17-12-5-4-6-13-11(12)8-10-19-13/h8,10,12,16H,4-7,9H2,1-3H3,(H,17,18). The number of carbonyl (C=O) groups excluding carboxylic acids is 1. The summed E-state index contributed by atoms with van der Waals surface area (Å²) >= 11 is 1.81. The summed E-state index contributed by atoms with van der Waals surface area (Å²) in [4.78, 5) is 13.4. The zero-order chi connectivity index (χ0) is 13.9. The third-order valence-electron chi connectivity index (χ3n) is 3.39.